The second-order valence-electron chi connectivity index (χ2n) is 8.60. The van der Waals surface area contributed by atoms with Gasteiger partial charge in [-0.1, -0.05) is 11.3 Å². The van der Waals surface area contributed by atoms with E-state index in [-0.39, 0.29) is 23.5 Å². The molecule has 1 aliphatic rings. The Hall–Kier alpha value is -3.30. The third-order valence-corrected chi connectivity index (χ3v) is 5.01. The molecule has 3 rings (SSSR count). The maximum Gasteiger partial charge on any atom is 0.410 e. The van der Waals surface area contributed by atoms with E-state index in [0.29, 0.717) is 31.1 Å². The van der Waals surface area contributed by atoms with Crippen molar-refractivity contribution in [3.05, 3.63) is 30.0 Å². The van der Waals surface area contributed by atoms with Gasteiger partial charge in [-0.3, -0.25) is 4.79 Å². The van der Waals surface area contributed by atoms with Crippen LogP contribution in [0.4, 0.5) is 16.3 Å². The Morgan fingerprint density at radius 3 is 2.61 bits per heavy atom. The van der Waals surface area contributed by atoms with Crippen LogP contribution in [0.1, 0.15) is 44.1 Å². The fraction of sp³-hybridized carbons (Fsp3) is 0.524. The first-order valence-corrected chi connectivity index (χ1v) is 10.3. The molecule has 1 fully saturated rings. The third kappa shape index (κ3) is 5.87. The number of benzene rings is 1. The zero-order valence-corrected chi connectivity index (χ0v) is 18.4. The third-order valence-electron chi connectivity index (χ3n) is 5.01. The molecule has 1 aromatic heterocycles. The molecule has 10 heteroatoms. The molecular weight excluding hydrogens is 400 g/mol. The molecule has 2 heterocycles. The number of piperidine rings is 1. The molecule has 1 aromatic carbocycles. The lowest BCUT2D eigenvalue weighted by atomic mass is 9.97. The highest BCUT2D eigenvalue weighted by Gasteiger charge is 2.28. The zero-order valence-electron chi connectivity index (χ0n) is 18.4. The maximum atomic E-state index is 12.6. The first kappa shape index (κ1) is 22.4. The second kappa shape index (κ2) is 9.23. The molecular formula is C21H30N6O4. The van der Waals surface area contributed by atoms with Crippen LogP contribution in [0.15, 0.2) is 24.3 Å². The quantitative estimate of drug-likeness (QED) is 0.747. The molecule has 1 saturated heterocycles. The van der Waals surface area contributed by atoms with Crippen molar-refractivity contribution < 1.29 is 19.1 Å². The largest absolute Gasteiger partial charge is 0.497 e. The van der Waals surface area contributed by atoms with Crippen LogP contribution in [-0.2, 0) is 11.3 Å². The van der Waals surface area contributed by atoms with Crippen molar-refractivity contribution in [1.29, 1.82) is 0 Å². The van der Waals surface area contributed by atoms with Crippen LogP contribution >= 0.6 is 0 Å². The van der Waals surface area contributed by atoms with Gasteiger partial charge >= 0.3 is 6.09 Å². The Bertz CT molecular complexity index is 928. The summed E-state index contributed by atoms with van der Waals surface area (Å²) in [6.45, 7) is 7.32. The van der Waals surface area contributed by atoms with Crippen molar-refractivity contribution in [2.45, 2.75) is 45.8 Å². The molecule has 0 bridgehead atoms. The van der Waals surface area contributed by atoms with Crippen molar-refractivity contribution in [1.82, 2.24) is 19.9 Å². The number of aromatic nitrogens is 3. The van der Waals surface area contributed by atoms with E-state index < -0.39 is 11.5 Å². The van der Waals surface area contributed by atoms with E-state index in [2.05, 4.69) is 15.6 Å². The van der Waals surface area contributed by atoms with Gasteiger partial charge in [0.05, 0.1) is 7.11 Å². The molecule has 2 aromatic rings. The number of carbonyl (C=O) groups excluding carboxylic acids is 2. The Morgan fingerprint density at radius 1 is 1.26 bits per heavy atom. The lowest BCUT2D eigenvalue weighted by Crippen LogP contribution is -2.42. The van der Waals surface area contributed by atoms with Crippen molar-refractivity contribution >= 4 is 23.5 Å². The van der Waals surface area contributed by atoms with Crippen LogP contribution in [-0.4, -0.2) is 57.7 Å². The molecule has 0 aliphatic carbocycles. The monoisotopic (exact) mass is 430 g/mol. The lowest BCUT2D eigenvalue weighted by molar-refractivity contribution is 0.0177. The van der Waals surface area contributed by atoms with Crippen molar-refractivity contribution in [2.75, 3.05) is 31.2 Å². The van der Waals surface area contributed by atoms with Crippen LogP contribution in [0.3, 0.4) is 0 Å². The maximum absolute atomic E-state index is 12.6. The number of hydrogen-bond donors (Lipinski definition) is 2. The summed E-state index contributed by atoms with van der Waals surface area (Å²) in [5, 5.41) is 10.8. The van der Waals surface area contributed by atoms with Gasteiger partial charge in [-0.25, -0.2) is 9.48 Å². The number of likely N-dealkylation sites (tertiary alicyclic amines) is 1. The predicted molar refractivity (Wildman–Crippen MR) is 116 cm³/mol. The fourth-order valence-corrected chi connectivity index (χ4v) is 3.38. The molecule has 0 atom stereocenters. The average molecular weight is 431 g/mol. The van der Waals surface area contributed by atoms with E-state index >= 15 is 0 Å². The Morgan fingerprint density at radius 2 is 1.97 bits per heavy atom. The summed E-state index contributed by atoms with van der Waals surface area (Å²) in [7, 11) is 1.56. The Kier molecular flexibility index (Phi) is 6.67. The molecule has 3 N–H and O–H groups in total. The summed E-state index contributed by atoms with van der Waals surface area (Å²) in [5.41, 5.74) is 6.29. The number of carbonyl (C=O) groups is 2. The molecule has 31 heavy (non-hydrogen) atoms. The van der Waals surface area contributed by atoms with Crippen LogP contribution in [0.2, 0.25) is 0 Å². The molecule has 10 nitrogen and oxygen atoms in total. The van der Waals surface area contributed by atoms with E-state index in [1.807, 2.05) is 20.8 Å². The number of amides is 2. The minimum Gasteiger partial charge on any atom is -0.497 e. The Labute approximate surface area is 181 Å². The topological polar surface area (TPSA) is 125 Å². The number of nitrogens with zero attached hydrogens (tertiary/aromatic N) is 4. The summed E-state index contributed by atoms with van der Waals surface area (Å²) in [5.74, 6) is 0.691. The molecule has 0 spiro atoms. The van der Waals surface area contributed by atoms with Gasteiger partial charge in [-0.2, -0.15) is 0 Å². The zero-order chi connectivity index (χ0) is 22.6. The number of anilines is 2. The van der Waals surface area contributed by atoms with E-state index in [9.17, 15) is 9.59 Å². The summed E-state index contributed by atoms with van der Waals surface area (Å²) >= 11 is 0. The van der Waals surface area contributed by atoms with Crippen LogP contribution in [0.25, 0.3) is 0 Å². The normalized spacial score (nSPS) is 14.9. The molecule has 2 amide bonds. The van der Waals surface area contributed by atoms with Gasteiger partial charge in [-0.15, -0.1) is 5.10 Å². The minimum absolute atomic E-state index is 0.0778. The van der Waals surface area contributed by atoms with Crippen LogP contribution < -0.4 is 15.8 Å². The van der Waals surface area contributed by atoms with E-state index in [4.69, 9.17) is 15.2 Å². The lowest BCUT2D eigenvalue weighted by Gasteiger charge is -2.33. The first-order valence-electron chi connectivity index (χ1n) is 10.3. The number of ether oxygens (including phenoxy) is 2. The minimum atomic E-state index is -0.509. The first-order chi connectivity index (χ1) is 14.7. The SMILES string of the molecule is COc1cccc(NC(=O)c2nnn(CC3CCN(C(=O)OC(C)(C)C)CC3)c2N)c1. The highest BCUT2D eigenvalue weighted by atomic mass is 16.6. The molecule has 1 aliphatic heterocycles. The number of nitrogen functional groups attached to an aromatic ring is 1. The second-order valence-corrected chi connectivity index (χ2v) is 8.60. The summed E-state index contributed by atoms with van der Waals surface area (Å²) in [6.07, 6.45) is 1.30. The highest BCUT2D eigenvalue weighted by Crippen LogP contribution is 2.23. The van der Waals surface area contributed by atoms with Gasteiger partial charge in [0, 0.05) is 31.4 Å². The standard InChI is InChI=1S/C21H30N6O4/c1-21(2,3)31-20(29)26-10-8-14(9-11-26)13-27-18(22)17(24-25-27)19(28)23-15-6-5-7-16(12-15)30-4/h5-7,12,14H,8-11,13,22H2,1-4H3,(H,23,28). The van der Waals surface area contributed by atoms with Crippen molar-refractivity contribution in [2.24, 2.45) is 5.92 Å². The van der Waals surface area contributed by atoms with Gasteiger partial charge in [-0.05, 0) is 51.7 Å². The smallest absolute Gasteiger partial charge is 0.410 e. The summed E-state index contributed by atoms with van der Waals surface area (Å²) in [6, 6.07) is 7.02. The number of methoxy groups -OCH3 is 1. The van der Waals surface area contributed by atoms with Crippen LogP contribution in [0, 0.1) is 5.92 Å². The van der Waals surface area contributed by atoms with Gasteiger partial charge < -0.3 is 25.4 Å². The number of hydrogen-bond acceptors (Lipinski definition) is 7. The molecule has 0 radical (unpaired) electrons. The van der Waals surface area contributed by atoms with Gasteiger partial charge in [0.25, 0.3) is 5.91 Å². The highest BCUT2D eigenvalue weighted by molar-refractivity contribution is 6.05. The van der Waals surface area contributed by atoms with Crippen LogP contribution in [0.5, 0.6) is 5.75 Å². The average Bonchev–Trinajstić information content (AvgIpc) is 3.07. The van der Waals surface area contributed by atoms with Crippen molar-refractivity contribution in [3.63, 3.8) is 0 Å². The number of nitrogens with two attached hydrogens (primary N) is 1. The van der Waals surface area contributed by atoms with Gasteiger partial charge in [0.2, 0.25) is 0 Å². The van der Waals surface area contributed by atoms with E-state index in [0.717, 1.165) is 12.8 Å². The Balaban J connectivity index is 1.56. The summed E-state index contributed by atoms with van der Waals surface area (Å²) < 4.78 is 12.1. The van der Waals surface area contributed by atoms with Gasteiger partial charge in [0.1, 0.15) is 11.4 Å². The molecule has 168 valence electrons. The van der Waals surface area contributed by atoms with Gasteiger partial charge in [0.15, 0.2) is 11.5 Å². The van der Waals surface area contributed by atoms with Crippen molar-refractivity contribution in [3.8, 4) is 5.75 Å². The molecule has 0 unspecified atom stereocenters. The summed E-state index contributed by atoms with van der Waals surface area (Å²) in [4.78, 5) is 26.5. The predicted octanol–water partition coefficient (Wildman–Crippen LogP) is 2.77. The number of nitrogens with one attached hydrogen (secondary N) is 1. The van der Waals surface area contributed by atoms with E-state index in [1.165, 1.54) is 0 Å². The van der Waals surface area contributed by atoms with E-state index in [1.54, 1.807) is 41.0 Å². The number of rotatable bonds is 5. The molecule has 0 saturated carbocycles. The fourth-order valence-electron chi connectivity index (χ4n) is 3.38.